The van der Waals surface area contributed by atoms with Gasteiger partial charge in [-0.05, 0) is 30.3 Å². The van der Waals surface area contributed by atoms with E-state index >= 15 is 0 Å². The lowest BCUT2D eigenvalue weighted by Gasteiger charge is -2.18. The number of benzene rings is 2. The van der Waals surface area contributed by atoms with Crippen LogP contribution in [0.15, 0.2) is 45.8 Å². The molecule has 2 aromatic carbocycles. The maximum absolute atomic E-state index is 12.5. The number of sulfone groups is 1. The van der Waals surface area contributed by atoms with E-state index in [-0.39, 0.29) is 17.1 Å². The van der Waals surface area contributed by atoms with Crippen molar-refractivity contribution in [2.24, 2.45) is 0 Å². The SMILES string of the molecule is O=C(CCS(=O)(=O)c1ccc2c(c1)OCCO2)Nc1ccc(Br)cc1Cl. The summed E-state index contributed by atoms with van der Waals surface area (Å²) in [6.07, 6.45) is -0.191. The molecule has 1 heterocycles. The van der Waals surface area contributed by atoms with E-state index in [1.165, 1.54) is 12.1 Å². The fourth-order valence-electron chi connectivity index (χ4n) is 2.37. The zero-order valence-electron chi connectivity index (χ0n) is 13.5. The van der Waals surface area contributed by atoms with Gasteiger partial charge in [-0.25, -0.2) is 8.42 Å². The van der Waals surface area contributed by atoms with E-state index < -0.39 is 15.7 Å². The van der Waals surface area contributed by atoms with Crippen LogP contribution in [0.25, 0.3) is 0 Å². The standard InChI is InChI=1S/C17H15BrClNO5S/c18-11-1-3-14(13(19)9-11)20-17(21)5-8-26(22,23)12-2-4-15-16(10-12)25-7-6-24-15/h1-4,9-10H,5-8H2,(H,20,21). The second-order valence-corrected chi connectivity index (χ2v) is 8.98. The lowest BCUT2D eigenvalue weighted by Crippen LogP contribution is -2.18. The van der Waals surface area contributed by atoms with Gasteiger partial charge >= 0.3 is 0 Å². The number of ether oxygens (including phenoxy) is 2. The van der Waals surface area contributed by atoms with Crippen LogP contribution in [0.2, 0.25) is 5.02 Å². The summed E-state index contributed by atoms with van der Waals surface area (Å²) in [5.41, 5.74) is 0.427. The maximum Gasteiger partial charge on any atom is 0.225 e. The molecule has 0 bridgehead atoms. The van der Waals surface area contributed by atoms with Crippen molar-refractivity contribution in [3.8, 4) is 11.5 Å². The first kappa shape index (κ1) is 19.0. The normalized spacial score (nSPS) is 13.3. The highest BCUT2D eigenvalue weighted by Gasteiger charge is 2.21. The minimum Gasteiger partial charge on any atom is -0.486 e. The average Bonchev–Trinajstić information content (AvgIpc) is 2.62. The quantitative estimate of drug-likeness (QED) is 0.736. The summed E-state index contributed by atoms with van der Waals surface area (Å²) in [7, 11) is -3.63. The van der Waals surface area contributed by atoms with Crippen LogP contribution < -0.4 is 14.8 Å². The van der Waals surface area contributed by atoms with Crippen molar-refractivity contribution in [3.05, 3.63) is 45.9 Å². The number of anilines is 1. The van der Waals surface area contributed by atoms with Gasteiger partial charge in [0.1, 0.15) is 13.2 Å². The van der Waals surface area contributed by atoms with Gasteiger partial charge in [-0.15, -0.1) is 0 Å². The first-order valence-electron chi connectivity index (χ1n) is 7.72. The minimum atomic E-state index is -3.63. The van der Waals surface area contributed by atoms with Crippen LogP contribution in [0.4, 0.5) is 5.69 Å². The van der Waals surface area contributed by atoms with Crippen LogP contribution in [0.5, 0.6) is 11.5 Å². The molecule has 1 aliphatic rings. The second kappa shape index (κ2) is 7.85. The van der Waals surface area contributed by atoms with E-state index in [1.807, 2.05) is 0 Å². The Morgan fingerprint density at radius 1 is 1.12 bits per heavy atom. The molecule has 1 aliphatic heterocycles. The molecular formula is C17H15BrClNO5S. The Bertz CT molecular complexity index is 948. The molecule has 0 saturated carbocycles. The zero-order chi connectivity index (χ0) is 18.7. The molecule has 0 fully saturated rings. The van der Waals surface area contributed by atoms with Crippen LogP contribution in [0.1, 0.15) is 6.42 Å². The predicted molar refractivity (Wildman–Crippen MR) is 102 cm³/mol. The van der Waals surface area contributed by atoms with Gasteiger partial charge in [0.2, 0.25) is 5.91 Å². The largest absolute Gasteiger partial charge is 0.486 e. The topological polar surface area (TPSA) is 81.7 Å². The Hall–Kier alpha value is -1.77. The summed E-state index contributed by atoms with van der Waals surface area (Å²) < 4.78 is 36.5. The Kier molecular flexibility index (Phi) is 5.74. The van der Waals surface area contributed by atoms with E-state index in [9.17, 15) is 13.2 Å². The lowest BCUT2D eigenvalue weighted by molar-refractivity contribution is -0.115. The number of halogens is 2. The van der Waals surface area contributed by atoms with E-state index in [2.05, 4.69) is 21.2 Å². The maximum atomic E-state index is 12.5. The number of fused-ring (bicyclic) bond motifs is 1. The summed E-state index contributed by atoms with van der Waals surface area (Å²) in [6, 6.07) is 9.44. The number of rotatable bonds is 5. The third kappa shape index (κ3) is 4.49. The van der Waals surface area contributed by atoms with Crippen molar-refractivity contribution < 1.29 is 22.7 Å². The lowest BCUT2D eigenvalue weighted by atomic mass is 10.3. The van der Waals surface area contributed by atoms with Crippen LogP contribution in [-0.4, -0.2) is 33.3 Å². The molecule has 1 amide bonds. The van der Waals surface area contributed by atoms with Gasteiger partial charge < -0.3 is 14.8 Å². The molecule has 26 heavy (non-hydrogen) atoms. The predicted octanol–water partition coefficient (Wildman–Crippen LogP) is 3.68. The van der Waals surface area contributed by atoms with Gasteiger partial charge in [-0.2, -0.15) is 0 Å². The third-order valence-electron chi connectivity index (χ3n) is 3.68. The Morgan fingerprint density at radius 3 is 2.58 bits per heavy atom. The Morgan fingerprint density at radius 2 is 1.85 bits per heavy atom. The first-order chi connectivity index (χ1) is 12.3. The van der Waals surface area contributed by atoms with Gasteiger partial charge in [-0.1, -0.05) is 27.5 Å². The first-order valence-corrected chi connectivity index (χ1v) is 10.5. The molecule has 138 valence electrons. The molecule has 0 unspecified atom stereocenters. The van der Waals surface area contributed by atoms with Crippen molar-refractivity contribution in [3.63, 3.8) is 0 Å². The van der Waals surface area contributed by atoms with Gasteiger partial charge in [-0.3, -0.25) is 4.79 Å². The molecule has 0 radical (unpaired) electrons. The summed E-state index contributed by atoms with van der Waals surface area (Å²) >= 11 is 9.31. The van der Waals surface area contributed by atoms with Gasteiger partial charge in [0.15, 0.2) is 21.3 Å². The van der Waals surface area contributed by atoms with Gasteiger partial charge in [0.25, 0.3) is 0 Å². The van der Waals surface area contributed by atoms with Gasteiger partial charge in [0.05, 0.1) is 21.4 Å². The molecule has 0 atom stereocenters. The Balaban J connectivity index is 1.65. The number of nitrogens with one attached hydrogen (secondary N) is 1. The van der Waals surface area contributed by atoms with Crippen LogP contribution >= 0.6 is 27.5 Å². The monoisotopic (exact) mass is 459 g/mol. The van der Waals surface area contributed by atoms with Crippen LogP contribution in [0, 0.1) is 0 Å². The summed E-state index contributed by atoms with van der Waals surface area (Å²) in [5.74, 6) is 0.142. The minimum absolute atomic E-state index is 0.0937. The van der Waals surface area contributed by atoms with E-state index in [4.69, 9.17) is 21.1 Å². The highest BCUT2D eigenvalue weighted by molar-refractivity contribution is 9.10. The summed E-state index contributed by atoms with van der Waals surface area (Å²) in [4.78, 5) is 12.2. The third-order valence-corrected chi connectivity index (χ3v) is 6.20. The summed E-state index contributed by atoms with van der Waals surface area (Å²) in [6.45, 7) is 0.796. The van der Waals surface area contributed by atoms with E-state index in [0.29, 0.717) is 35.4 Å². The number of carbonyl (C=O) groups excluding carboxylic acids is 1. The number of carbonyl (C=O) groups is 1. The van der Waals surface area contributed by atoms with Crippen molar-refractivity contribution in [1.29, 1.82) is 0 Å². The highest BCUT2D eigenvalue weighted by atomic mass is 79.9. The second-order valence-electron chi connectivity index (χ2n) is 5.55. The van der Waals surface area contributed by atoms with E-state index in [0.717, 1.165) is 4.47 Å². The van der Waals surface area contributed by atoms with Gasteiger partial charge in [0, 0.05) is 17.0 Å². The molecule has 3 rings (SSSR count). The molecule has 0 saturated heterocycles. The zero-order valence-corrected chi connectivity index (χ0v) is 16.7. The molecule has 0 aromatic heterocycles. The molecule has 1 N–H and O–H groups in total. The van der Waals surface area contributed by atoms with E-state index in [1.54, 1.807) is 24.3 Å². The molecule has 6 nitrogen and oxygen atoms in total. The fraction of sp³-hybridized carbons (Fsp3) is 0.235. The molecular weight excluding hydrogens is 446 g/mol. The smallest absolute Gasteiger partial charge is 0.225 e. The number of hydrogen-bond donors (Lipinski definition) is 1. The van der Waals surface area contributed by atoms with Crippen molar-refractivity contribution >= 4 is 49.0 Å². The average molecular weight is 461 g/mol. The molecule has 0 spiro atoms. The molecule has 2 aromatic rings. The molecule has 0 aliphatic carbocycles. The van der Waals surface area contributed by atoms with Crippen molar-refractivity contribution in [1.82, 2.24) is 0 Å². The van der Waals surface area contributed by atoms with Crippen LogP contribution in [0.3, 0.4) is 0 Å². The highest BCUT2D eigenvalue weighted by Crippen LogP contribution is 2.32. The number of amides is 1. The van der Waals surface area contributed by atoms with Crippen molar-refractivity contribution in [2.75, 3.05) is 24.3 Å². The van der Waals surface area contributed by atoms with Crippen molar-refractivity contribution in [2.45, 2.75) is 11.3 Å². The molecule has 9 heteroatoms. The Labute approximate surface area is 164 Å². The summed E-state index contributed by atoms with van der Waals surface area (Å²) in [5, 5.41) is 2.97. The van der Waals surface area contributed by atoms with Crippen LogP contribution in [-0.2, 0) is 14.6 Å². The number of hydrogen-bond acceptors (Lipinski definition) is 5. The fourth-order valence-corrected chi connectivity index (χ4v) is 4.34.